The SMILES string of the molecule is Cc1ccc(Oc2ccc([N+](=O)[O-])cc2[N+](=O)[O-])c([N+](=O)[O-])c1. The number of hydrogen-bond donors (Lipinski definition) is 0. The molecule has 0 unspecified atom stereocenters. The number of aryl methyl sites for hydroxylation is 1. The van der Waals surface area contributed by atoms with Crippen LogP contribution >= 0.6 is 0 Å². The summed E-state index contributed by atoms with van der Waals surface area (Å²) in [6.45, 7) is 1.64. The van der Waals surface area contributed by atoms with Crippen LogP contribution in [0.2, 0.25) is 0 Å². The van der Waals surface area contributed by atoms with Crippen molar-refractivity contribution in [2.75, 3.05) is 0 Å². The molecule has 2 rings (SSSR count). The quantitative estimate of drug-likeness (QED) is 0.606. The second kappa shape index (κ2) is 6.05. The maximum atomic E-state index is 11.0. The summed E-state index contributed by atoms with van der Waals surface area (Å²) < 4.78 is 5.25. The van der Waals surface area contributed by atoms with Crippen molar-refractivity contribution >= 4 is 17.1 Å². The van der Waals surface area contributed by atoms with Gasteiger partial charge in [-0.1, -0.05) is 6.07 Å². The third-order valence-electron chi connectivity index (χ3n) is 2.88. The third-order valence-corrected chi connectivity index (χ3v) is 2.88. The molecule has 2 aromatic carbocycles. The highest BCUT2D eigenvalue weighted by Crippen LogP contribution is 2.38. The summed E-state index contributed by atoms with van der Waals surface area (Å²) in [6, 6.07) is 6.88. The first-order chi connectivity index (χ1) is 10.8. The third kappa shape index (κ3) is 3.37. The van der Waals surface area contributed by atoms with Crippen LogP contribution in [0.3, 0.4) is 0 Å². The summed E-state index contributed by atoms with van der Waals surface area (Å²) in [5.74, 6) is -0.523. The molecule has 10 heteroatoms. The molecule has 10 nitrogen and oxygen atoms in total. The maximum absolute atomic E-state index is 11.0. The minimum Gasteiger partial charge on any atom is -0.443 e. The zero-order chi connectivity index (χ0) is 17.1. The van der Waals surface area contributed by atoms with Crippen molar-refractivity contribution < 1.29 is 19.5 Å². The standard InChI is InChI=1S/C13H9N3O7/c1-8-2-4-12(10(6-8)15(19)20)23-13-5-3-9(14(17)18)7-11(13)16(21)22/h2-7H,1H3. The van der Waals surface area contributed by atoms with Gasteiger partial charge in [0.1, 0.15) is 0 Å². The highest BCUT2D eigenvalue weighted by molar-refractivity contribution is 5.57. The maximum Gasteiger partial charge on any atom is 0.318 e. The fourth-order valence-electron chi connectivity index (χ4n) is 1.82. The van der Waals surface area contributed by atoms with E-state index < -0.39 is 26.1 Å². The summed E-state index contributed by atoms with van der Waals surface area (Å²) in [7, 11) is 0. The molecule has 2 aromatic rings. The number of non-ortho nitro benzene ring substituents is 1. The first-order valence-corrected chi connectivity index (χ1v) is 6.15. The van der Waals surface area contributed by atoms with Gasteiger partial charge >= 0.3 is 11.4 Å². The van der Waals surface area contributed by atoms with Crippen molar-refractivity contribution in [2.24, 2.45) is 0 Å². The molecule has 0 radical (unpaired) electrons. The van der Waals surface area contributed by atoms with Crippen LogP contribution in [-0.2, 0) is 0 Å². The van der Waals surface area contributed by atoms with E-state index in [2.05, 4.69) is 0 Å². The Morgan fingerprint density at radius 1 is 0.783 bits per heavy atom. The zero-order valence-corrected chi connectivity index (χ0v) is 11.7. The molecule has 0 aliphatic rings. The van der Waals surface area contributed by atoms with E-state index in [4.69, 9.17) is 4.74 Å². The molecule has 0 bridgehead atoms. The first-order valence-electron chi connectivity index (χ1n) is 6.15. The average Bonchev–Trinajstić information content (AvgIpc) is 2.48. The van der Waals surface area contributed by atoms with Gasteiger partial charge in [0.2, 0.25) is 11.5 Å². The van der Waals surface area contributed by atoms with E-state index in [9.17, 15) is 30.3 Å². The van der Waals surface area contributed by atoms with Crippen LogP contribution < -0.4 is 4.74 Å². The van der Waals surface area contributed by atoms with Crippen molar-refractivity contribution in [2.45, 2.75) is 6.92 Å². The van der Waals surface area contributed by atoms with E-state index in [0.717, 1.165) is 18.2 Å². The summed E-state index contributed by atoms with van der Waals surface area (Å²) >= 11 is 0. The largest absolute Gasteiger partial charge is 0.443 e. The minimum absolute atomic E-state index is 0.197. The lowest BCUT2D eigenvalue weighted by atomic mass is 10.2. The van der Waals surface area contributed by atoms with Crippen molar-refractivity contribution in [3.63, 3.8) is 0 Å². The van der Waals surface area contributed by atoms with Gasteiger partial charge in [-0.2, -0.15) is 0 Å². The predicted octanol–water partition coefficient (Wildman–Crippen LogP) is 3.51. The van der Waals surface area contributed by atoms with Crippen molar-refractivity contribution in [3.8, 4) is 11.5 Å². The first kappa shape index (κ1) is 15.8. The lowest BCUT2D eigenvalue weighted by molar-refractivity contribution is -0.394. The Morgan fingerprint density at radius 2 is 1.30 bits per heavy atom. The van der Waals surface area contributed by atoms with E-state index in [1.807, 2.05) is 0 Å². The lowest BCUT2D eigenvalue weighted by Gasteiger charge is -2.07. The molecule has 0 fully saturated rings. The van der Waals surface area contributed by atoms with Gasteiger partial charge in [-0.25, -0.2) is 0 Å². The highest BCUT2D eigenvalue weighted by Gasteiger charge is 2.24. The molecule has 23 heavy (non-hydrogen) atoms. The topological polar surface area (TPSA) is 139 Å². The molecule has 0 saturated carbocycles. The summed E-state index contributed by atoms with van der Waals surface area (Å²) in [5, 5.41) is 32.7. The van der Waals surface area contributed by atoms with Crippen LogP contribution in [0.25, 0.3) is 0 Å². The van der Waals surface area contributed by atoms with Crippen LogP contribution in [0.4, 0.5) is 17.1 Å². The summed E-state index contributed by atoms with van der Waals surface area (Å²) in [6.07, 6.45) is 0. The Hall–Kier alpha value is -3.56. The summed E-state index contributed by atoms with van der Waals surface area (Å²) in [5.41, 5.74) is -0.892. The van der Waals surface area contributed by atoms with Crippen molar-refractivity contribution in [1.82, 2.24) is 0 Å². The molecule has 0 saturated heterocycles. The number of hydrogen-bond acceptors (Lipinski definition) is 7. The zero-order valence-electron chi connectivity index (χ0n) is 11.7. The normalized spacial score (nSPS) is 10.1. The molecule has 0 amide bonds. The Bertz CT molecular complexity index is 819. The van der Waals surface area contributed by atoms with Gasteiger partial charge < -0.3 is 4.74 Å². The molecule has 0 heterocycles. The van der Waals surface area contributed by atoms with Gasteiger partial charge in [-0.3, -0.25) is 30.3 Å². The molecule has 0 aromatic heterocycles. The number of nitro groups is 3. The van der Waals surface area contributed by atoms with E-state index in [1.165, 1.54) is 12.1 Å². The Labute approximate surface area is 128 Å². The Kier molecular flexibility index (Phi) is 4.16. The van der Waals surface area contributed by atoms with Gasteiger partial charge in [0, 0.05) is 12.1 Å². The van der Waals surface area contributed by atoms with E-state index in [0.29, 0.717) is 5.56 Å². The smallest absolute Gasteiger partial charge is 0.318 e. The van der Waals surface area contributed by atoms with E-state index in [1.54, 1.807) is 13.0 Å². The van der Waals surface area contributed by atoms with Crippen molar-refractivity contribution in [3.05, 3.63) is 72.3 Å². The van der Waals surface area contributed by atoms with Gasteiger partial charge in [-0.05, 0) is 24.6 Å². The number of nitro benzene ring substituents is 3. The number of ether oxygens (including phenoxy) is 1. The second-order valence-corrected chi connectivity index (χ2v) is 4.50. The van der Waals surface area contributed by atoms with Gasteiger partial charge in [0.05, 0.1) is 20.8 Å². The van der Waals surface area contributed by atoms with Crippen LogP contribution in [0, 0.1) is 37.3 Å². The Morgan fingerprint density at radius 3 is 1.83 bits per heavy atom. The number of rotatable bonds is 5. The van der Waals surface area contributed by atoms with Gasteiger partial charge in [0.15, 0.2) is 0 Å². The molecule has 118 valence electrons. The van der Waals surface area contributed by atoms with E-state index in [-0.39, 0.29) is 17.2 Å². The Balaban J connectivity index is 2.50. The predicted molar refractivity (Wildman–Crippen MR) is 77.7 cm³/mol. The minimum atomic E-state index is -0.859. The summed E-state index contributed by atoms with van der Waals surface area (Å²) in [4.78, 5) is 30.4. The van der Waals surface area contributed by atoms with E-state index >= 15 is 0 Å². The second-order valence-electron chi connectivity index (χ2n) is 4.50. The average molecular weight is 319 g/mol. The number of benzene rings is 2. The van der Waals surface area contributed by atoms with Crippen LogP contribution in [0.5, 0.6) is 11.5 Å². The monoisotopic (exact) mass is 319 g/mol. The highest BCUT2D eigenvalue weighted by atomic mass is 16.6. The fourth-order valence-corrected chi connectivity index (χ4v) is 1.82. The molecule has 0 aliphatic heterocycles. The van der Waals surface area contributed by atoms with Crippen LogP contribution in [0.15, 0.2) is 36.4 Å². The molecule has 0 N–H and O–H groups in total. The number of nitrogens with zero attached hydrogens (tertiary/aromatic N) is 3. The molecule has 0 atom stereocenters. The molecule has 0 spiro atoms. The molecular formula is C13H9N3O7. The lowest BCUT2D eigenvalue weighted by Crippen LogP contribution is -1.98. The van der Waals surface area contributed by atoms with Crippen LogP contribution in [-0.4, -0.2) is 14.8 Å². The van der Waals surface area contributed by atoms with Gasteiger partial charge in [0.25, 0.3) is 5.69 Å². The van der Waals surface area contributed by atoms with Crippen LogP contribution in [0.1, 0.15) is 5.56 Å². The van der Waals surface area contributed by atoms with Gasteiger partial charge in [-0.15, -0.1) is 0 Å². The van der Waals surface area contributed by atoms with Crippen molar-refractivity contribution in [1.29, 1.82) is 0 Å². The molecule has 0 aliphatic carbocycles. The molecular weight excluding hydrogens is 310 g/mol. The fraction of sp³-hybridized carbons (Fsp3) is 0.0769.